The Bertz CT molecular complexity index is 199. The summed E-state index contributed by atoms with van der Waals surface area (Å²) in [5, 5.41) is 0. The molecule has 3 heteroatoms. The van der Waals surface area contributed by atoms with Crippen molar-refractivity contribution < 1.29 is 14.2 Å². The van der Waals surface area contributed by atoms with Gasteiger partial charge in [-0.05, 0) is 31.3 Å². The molecule has 1 aliphatic heterocycles. The smallest absolute Gasteiger partial charge is 0.116 e. The zero-order valence-electron chi connectivity index (χ0n) is 9.24. The van der Waals surface area contributed by atoms with Crippen LogP contribution in [-0.4, -0.2) is 32.5 Å². The monoisotopic (exact) mass is 212 g/mol. The summed E-state index contributed by atoms with van der Waals surface area (Å²) < 4.78 is 16.3. The van der Waals surface area contributed by atoms with Crippen molar-refractivity contribution in [2.45, 2.75) is 38.2 Å². The maximum absolute atomic E-state index is 5.55. The Morgan fingerprint density at radius 1 is 1.20 bits per heavy atom. The summed E-state index contributed by atoms with van der Waals surface area (Å²) in [4.78, 5) is 0. The van der Waals surface area contributed by atoms with Crippen LogP contribution in [0.15, 0.2) is 11.8 Å². The van der Waals surface area contributed by atoms with E-state index in [1.54, 1.807) is 0 Å². The molecule has 0 aromatic carbocycles. The Hall–Kier alpha value is -0.540. The molecule has 0 radical (unpaired) electrons. The van der Waals surface area contributed by atoms with Gasteiger partial charge in [0.2, 0.25) is 0 Å². The topological polar surface area (TPSA) is 27.7 Å². The van der Waals surface area contributed by atoms with Crippen LogP contribution >= 0.6 is 0 Å². The van der Waals surface area contributed by atoms with E-state index >= 15 is 0 Å². The van der Waals surface area contributed by atoms with E-state index in [-0.39, 0.29) is 6.10 Å². The molecule has 0 aromatic heterocycles. The number of ether oxygens (including phenoxy) is 3. The van der Waals surface area contributed by atoms with E-state index in [9.17, 15) is 0 Å². The molecule has 0 bridgehead atoms. The van der Waals surface area contributed by atoms with Crippen molar-refractivity contribution in [3.05, 3.63) is 11.8 Å². The summed E-state index contributed by atoms with van der Waals surface area (Å²) in [5.74, 6) is 0. The van der Waals surface area contributed by atoms with E-state index in [1.807, 2.05) is 6.26 Å². The average Bonchev–Trinajstić information content (AvgIpc) is 2.32. The highest BCUT2D eigenvalue weighted by molar-refractivity contribution is 5.00. The van der Waals surface area contributed by atoms with Gasteiger partial charge in [0.25, 0.3) is 0 Å². The number of hydrogen-bond acceptors (Lipinski definition) is 3. The Labute approximate surface area is 91.4 Å². The largest absolute Gasteiger partial charge is 0.498 e. The fraction of sp³-hybridized carbons (Fsp3) is 0.833. The van der Waals surface area contributed by atoms with Crippen molar-refractivity contribution in [1.29, 1.82) is 0 Å². The van der Waals surface area contributed by atoms with E-state index in [0.717, 1.165) is 6.61 Å². The molecule has 0 spiro atoms. The van der Waals surface area contributed by atoms with Crippen LogP contribution in [0, 0.1) is 0 Å². The Balaban J connectivity index is 1.64. The molecule has 1 aliphatic carbocycles. The van der Waals surface area contributed by atoms with Gasteiger partial charge in [-0.3, -0.25) is 0 Å². The van der Waals surface area contributed by atoms with Crippen molar-refractivity contribution in [3.63, 3.8) is 0 Å². The lowest BCUT2D eigenvalue weighted by Crippen LogP contribution is -2.31. The van der Waals surface area contributed by atoms with Crippen LogP contribution in [0.3, 0.4) is 0 Å². The molecule has 2 fully saturated rings. The predicted octanol–water partition coefficient (Wildman–Crippen LogP) is 2.27. The molecule has 1 saturated carbocycles. The van der Waals surface area contributed by atoms with Crippen LogP contribution in [0.1, 0.15) is 32.1 Å². The molecule has 0 N–H and O–H groups in total. The highest BCUT2D eigenvalue weighted by atomic mass is 16.6. The summed E-state index contributed by atoms with van der Waals surface area (Å²) in [7, 11) is 0. The maximum atomic E-state index is 5.55. The van der Waals surface area contributed by atoms with E-state index in [1.165, 1.54) is 37.7 Å². The molecule has 3 nitrogen and oxygen atoms in total. The molecule has 15 heavy (non-hydrogen) atoms. The summed E-state index contributed by atoms with van der Waals surface area (Å²) in [6, 6.07) is 0. The second kappa shape index (κ2) is 6.13. The quantitative estimate of drug-likeness (QED) is 0.672. The first-order valence-electron chi connectivity index (χ1n) is 5.94. The Morgan fingerprint density at radius 2 is 2.07 bits per heavy atom. The third kappa shape index (κ3) is 3.84. The van der Waals surface area contributed by atoms with Gasteiger partial charge in [0.05, 0.1) is 26.1 Å². The summed E-state index contributed by atoms with van der Waals surface area (Å²) in [5.41, 5.74) is 1.46. The van der Waals surface area contributed by atoms with E-state index in [2.05, 4.69) is 0 Å². The highest BCUT2D eigenvalue weighted by Gasteiger charge is 2.14. The van der Waals surface area contributed by atoms with Gasteiger partial charge in [-0.2, -0.15) is 0 Å². The molecule has 86 valence electrons. The van der Waals surface area contributed by atoms with E-state index < -0.39 is 0 Å². The zero-order chi connectivity index (χ0) is 10.3. The van der Waals surface area contributed by atoms with Crippen molar-refractivity contribution >= 4 is 0 Å². The summed E-state index contributed by atoms with van der Waals surface area (Å²) in [6.07, 6.45) is 8.49. The van der Waals surface area contributed by atoms with E-state index in [0.29, 0.717) is 19.8 Å². The number of hydrogen-bond donors (Lipinski definition) is 0. The lowest BCUT2D eigenvalue weighted by molar-refractivity contribution is -0.106. The van der Waals surface area contributed by atoms with E-state index in [4.69, 9.17) is 14.2 Å². The molecule has 2 aliphatic rings. The molecule has 2 rings (SSSR count). The number of allylic oxidation sites excluding steroid dienone is 1. The fourth-order valence-corrected chi connectivity index (χ4v) is 2.03. The summed E-state index contributed by atoms with van der Waals surface area (Å²) in [6.45, 7) is 2.72. The first-order chi connectivity index (χ1) is 7.45. The van der Waals surface area contributed by atoms with Gasteiger partial charge in [-0.15, -0.1) is 0 Å². The van der Waals surface area contributed by atoms with Gasteiger partial charge in [0.15, 0.2) is 0 Å². The molecular weight excluding hydrogens is 192 g/mol. The fourth-order valence-electron chi connectivity index (χ4n) is 2.03. The standard InChI is InChI=1S/C12H20O3/c1-2-4-11(5-3-1)8-14-10-12-9-13-6-7-15-12/h8,12H,1-7,9-10H2. The van der Waals surface area contributed by atoms with Crippen molar-refractivity contribution in [1.82, 2.24) is 0 Å². The lowest BCUT2D eigenvalue weighted by Gasteiger charge is -2.22. The third-order valence-corrected chi connectivity index (χ3v) is 2.91. The normalized spacial score (nSPS) is 27.5. The summed E-state index contributed by atoms with van der Waals surface area (Å²) >= 11 is 0. The SMILES string of the molecule is C(OCC1COCCO1)=C1CCCCC1. The Kier molecular flexibility index (Phi) is 4.48. The minimum absolute atomic E-state index is 0.124. The van der Waals surface area contributed by atoms with Gasteiger partial charge >= 0.3 is 0 Å². The van der Waals surface area contributed by atoms with Crippen LogP contribution in [0.2, 0.25) is 0 Å². The first kappa shape index (κ1) is 11.0. The number of rotatable bonds is 3. The first-order valence-corrected chi connectivity index (χ1v) is 5.94. The van der Waals surface area contributed by atoms with Crippen molar-refractivity contribution in [3.8, 4) is 0 Å². The second-order valence-corrected chi connectivity index (χ2v) is 4.24. The molecule has 0 aromatic rings. The second-order valence-electron chi connectivity index (χ2n) is 4.24. The van der Waals surface area contributed by atoms with Crippen LogP contribution in [0.4, 0.5) is 0 Å². The predicted molar refractivity (Wildman–Crippen MR) is 57.7 cm³/mol. The van der Waals surface area contributed by atoms with Crippen molar-refractivity contribution in [2.24, 2.45) is 0 Å². The van der Waals surface area contributed by atoms with Crippen LogP contribution in [0.25, 0.3) is 0 Å². The molecule has 1 saturated heterocycles. The molecular formula is C12H20O3. The van der Waals surface area contributed by atoms with Gasteiger partial charge < -0.3 is 14.2 Å². The molecule has 1 atom stereocenters. The molecule has 1 unspecified atom stereocenters. The third-order valence-electron chi connectivity index (χ3n) is 2.91. The van der Waals surface area contributed by atoms with Crippen molar-refractivity contribution in [2.75, 3.05) is 26.4 Å². The minimum atomic E-state index is 0.124. The zero-order valence-corrected chi connectivity index (χ0v) is 9.24. The van der Waals surface area contributed by atoms with Gasteiger partial charge in [0.1, 0.15) is 12.7 Å². The van der Waals surface area contributed by atoms with Crippen LogP contribution in [-0.2, 0) is 14.2 Å². The average molecular weight is 212 g/mol. The lowest BCUT2D eigenvalue weighted by atomic mass is 9.96. The van der Waals surface area contributed by atoms with Gasteiger partial charge in [0, 0.05) is 0 Å². The van der Waals surface area contributed by atoms with Gasteiger partial charge in [-0.1, -0.05) is 6.42 Å². The molecule has 1 heterocycles. The van der Waals surface area contributed by atoms with Crippen LogP contribution < -0.4 is 0 Å². The highest BCUT2D eigenvalue weighted by Crippen LogP contribution is 2.22. The molecule has 0 amide bonds. The maximum Gasteiger partial charge on any atom is 0.116 e. The van der Waals surface area contributed by atoms with Gasteiger partial charge in [-0.25, -0.2) is 0 Å². The minimum Gasteiger partial charge on any atom is -0.498 e. The Morgan fingerprint density at radius 3 is 2.80 bits per heavy atom. The van der Waals surface area contributed by atoms with Crippen LogP contribution in [0.5, 0.6) is 0 Å².